The number of aliphatic imine (C=N–C) groups is 2. The second-order valence-corrected chi connectivity index (χ2v) is 4.71. The first-order chi connectivity index (χ1) is 11.5. The van der Waals surface area contributed by atoms with Crippen LogP contribution in [0.15, 0.2) is 58.5 Å². The van der Waals surface area contributed by atoms with Gasteiger partial charge in [0.15, 0.2) is 0 Å². The second-order valence-electron chi connectivity index (χ2n) is 4.71. The van der Waals surface area contributed by atoms with Crippen molar-refractivity contribution in [2.75, 3.05) is 13.1 Å². The molecule has 0 atom stereocenters. The molecule has 2 rings (SSSR count). The third-order valence-electron chi connectivity index (χ3n) is 2.69. The normalized spacial score (nSPS) is 10.1. The number of nitrogens with zero attached hydrogens (tertiary/aromatic N) is 2. The molecule has 0 unspecified atom stereocenters. The molecule has 0 heterocycles. The van der Waals surface area contributed by atoms with E-state index < -0.39 is 5.97 Å². The molecule has 0 amide bonds. The first-order valence-corrected chi connectivity index (χ1v) is 7.26. The average Bonchev–Trinajstić information content (AvgIpc) is 2.53. The molecule has 2 aromatic rings. The van der Waals surface area contributed by atoms with Crippen molar-refractivity contribution in [3.05, 3.63) is 59.7 Å². The Bertz CT molecular complexity index is 658. The van der Waals surface area contributed by atoms with Gasteiger partial charge in [-0.2, -0.15) is 0 Å². The molecule has 0 saturated heterocycles. The summed E-state index contributed by atoms with van der Waals surface area (Å²) in [4.78, 5) is 17.4. The van der Waals surface area contributed by atoms with E-state index in [0.29, 0.717) is 24.2 Å². The number of benzene rings is 2. The maximum absolute atomic E-state index is 9.54. The maximum Gasteiger partial charge on any atom is 0.300 e. The Morgan fingerprint density at radius 3 is 1.52 bits per heavy atom. The van der Waals surface area contributed by atoms with Gasteiger partial charge in [0.2, 0.25) is 0 Å². The van der Waals surface area contributed by atoms with Gasteiger partial charge in [-0.3, -0.25) is 14.8 Å². The topological polar surface area (TPSA) is 102 Å². The van der Waals surface area contributed by atoms with Crippen LogP contribution < -0.4 is 0 Å². The first-order valence-electron chi connectivity index (χ1n) is 7.26. The van der Waals surface area contributed by atoms with Crippen molar-refractivity contribution in [2.24, 2.45) is 9.98 Å². The number of aliphatic carboxylic acids is 1. The zero-order valence-electron chi connectivity index (χ0n) is 13.7. The van der Waals surface area contributed by atoms with E-state index in [1.807, 2.05) is 12.1 Å². The first kappa shape index (κ1) is 22.4. The van der Waals surface area contributed by atoms with Crippen LogP contribution in [-0.4, -0.2) is 46.8 Å². The van der Waals surface area contributed by atoms with Gasteiger partial charge >= 0.3 is 0 Å². The molecule has 6 nitrogen and oxygen atoms in total. The van der Waals surface area contributed by atoms with E-state index in [9.17, 15) is 10.2 Å². The summed E-state index contributed by atoms with van der Waals surface area (Å²) in [6.45, 7) is 2.14. The Kier molecular flexibility index (Phi) is 11.4. The van der Waals surface area contributed by atoms with E-state index in [-0.39, 0.29) is 28.6 Å². The minimum atomic E-state index is -0.833. The summed E-state index contributed by atoms with van der Waals surface area (Å²) in [5, 5.41) is 26.5. The molecule has 0 fully saturated rings. The molecule has 0 aliphatic rings. The van der Waals surface area contributed by atoms with Crippen LogP contribution in [0.25, 0.3) is 0 Å². The third-order valence-corrected chi connectivity index (χ3v) is 2.69. The Hall–Kier alpha value is -2.63. The van der Waals surface area contributed by atoms with Crippen molar-refractivity contribution < 1.29 is 37.2 Å². The predicted molar refractivity (Wildman–Crippen MR) is 94.4 cm³/mol. The smallest absolute Gasteiger partial charge is 0.300 e. The van der Waals surface area contributed by atoms with Gasteiger partial charge < -0.3 is 15.3 Å². The van der Waals surface area contributed by atoms with E-state index in [1.54, 1.807) is 48.8 Å². The molecule has 25 heavy (non-hydrogen) atoms. The number of phenolic OH excluding ortho intramolecular Hbond substituents is 2. The molecule has 0 aromatic heterocycles. The van der Waals surface area contributed by atoms with Gasteiger partial charge in [0, 0.05) is 47.5 Å². The number of aromatic hydroxyl groups is 2. The number of hydrogen-bond acceptors (Lipinski definition) is 5. The zero-order chi connectivity index (χ0) is 17.8. The van der Waals surface area contributed by atoms with E-state index in [4.69, 9.17) is 9.90 Å². The predicted octanol–water partition coefficient (Wildman–Crippen LogP) is 2.72. The summed E-state index contributed by atoms with van der Waals surface area (Å²) in [6.07, 6.45) is 3.26. The van der Waals surface area contributed by atoms with Crippen LogP contribution in [0.5, 0.6) is 11.5 Å². The van der Waals surface area contributed by atoms with E-state index >= 15 is 0 Å². The van der Waals surface area contributed by atoms with Crippen molar-refractivity contribution in [3.8, 4) is 11.5 Å². The van der Waals surface area contributed by atoms with Crippen LogP contribution in [0, 0.1) is 0 Å². The van der Waals surface area contributed by atoms with Crippen molar-refractivity contribution in [3.63, 3.8) is 0 Å². The number of rotatable bonds is 5. The molecule has 1 radical (unpaired) electrons. The number of carboxylic acid groups (broad SMARTS) is 1. The van der Waals surface area contributed by atoms with Crippen LogP contribution in [0.1, 0.15) is 18.1 Å². The summed E-state index contributed by atoms with van der Waals surface area (Å²) in [7, 11) is 0. The molecular weight excluding hydrogens is 363 g/mol. The number of hydrogen-bond donors (Lipinski definition) is 3. The number of phenols is 2. The van der Waals surface area contributed by atoms with E-state index in [0.717, 1.165) is 6.92 Å². The zero-order valence-corrected chi connectivity index (χ0v) is 14.9. The maximum atomic E-state index is 9.54. The molecule has 0 bridgehead atoms. The van der Waals surface area contributed by atoms with Gasteiger partial charge in [-0.25, -0.2) is 0 Å². The fourth-order valence-corrected chi connectivity index (χ4v) is 1.63. The Labute approximate surface area is 157 Å². The third kappa shape index (κ3) is 9.96. The van der Waals surface area contributed by atoms with Crippen molar-refractivity contribution in [1.82, 2.24) is 0 Å². The Morgan fingerprint density at radius 1 is 0.880 bits per heavy atom. The van der Waals surface area contributed by atoms with Gasteiger partial charge in [0.05, 0.1) is 13.1 Å². The number of para-hydroxylation sites is 2. The largest absolute Gasteiger partial charge is 0.507 e. The Morgan fingerprint density at radius 2 is 1.20 bits per heavy atom. The fraction of sp³-hybridized carbons (Fsp3) is 0.167. The van der Waals surface area contributed by atoms with Gasteiger partial charge in [0.25, 0.3) is 5.97 Å². The molecular formula is C18H20MnN2O4. The van der Waals surface area contributed by atoms with E-state index in [1.165, 1.54) is 0 Å². The molecule has 0 saturated carbocycles. The quantitative estimate of drug-likeness (QED) is 0.420. The molecule has 133 valence electrons. The summed E-state index contributed by atoms with van der Waals surface area (Å²) in [5.41, 5.74) is 1.38. The Balaban J connectivity index is 0.00000104. The van der Waals surface area contributed by atoms with Crippen molar-refractivity contribution in [1.29, 1.82) is 0 Å². The summed E-state index contributed by atoms with van der Waals surface area (Å²) in [5.74, 6) is -0.400. The van der Waals surface area contributed by atoms with Gasteiger partial charge in [-0.05, 0) is 24.3 Å². The minimum Gasteiger partial charge on any atom is -0.507 e. The average molecular weight is 383 g/mol. The summed E-state index contributed by atoms with van der Waals surface area (Å²) < 4.78 is 0. The minimum absolute atomic E-state index is 0. The SMILES string of the molecule is CC(=O)O.Oc1ccccc1C=NCCN=Cc1ccccc1O.[Mn]. The number of carboxylic acids is 1. The fourth-order valence-electron chi connectivity index (χ4n) is 1.63. The van der Waals surface area contributed by atoms with Crippen LogP contribution in [0.3, 0.4) is 0 Å². The van der Waals surface area contributed by atoms with Gasteiger partial charge in [-0.1, -0.05) is 24.3 Å². The molecule has 2 aromatic carbocycles. The standard InChI is InChI=1S/C16H16N2O2.C2H4O2.Mn/c19-15-7-3-1-5-13(15)11-17-9-10-18-12-14-6-2-4-8-16(14)20;1-2(3)4;/h1-8,11-12,19-20H,9-10H2;1H3,(H,3,4);. The molecule has 0 aliphatic carbocycles. The molecule has 7 heteroatoms. The second kappa shape index (κ2) is 12.8. The molecule has 3 N–H and O–H groups in total. The van der Waals surface area contributed by atoms with Crippen LogP contribution in [0.2, 0.25) is 0 Å². The van der Waals surface area contributed by atoms with Crippen molar-refractivity contribution in [2.45, 2.75) is 6.92 Å². The van der Waals surface area contributed by atoms with Crippen LogP contribution >= 0.6 is 0 Å². The van der Waals surface area contributed by atoms with Crippen molar-refractivity contribution >= 4 is 18.4 Å². The molecule has 0 spiro atoms. The molecule has 0 aliphatic heterocycles. The van der Waals surface area contributed by atoms with Gasteiger partial charge in [0.1, 0.15) is 11.5 Å². The summed E-state index contributed by atoms with van der Waals surface area (Å²) >= 11 is 0. The van der Waals surface area contributed by atoms with Crippen LogP contribution in [-0.2, 0) is 21.9 Å². The summed E-state index contributed by atoms with van der Waals surface area (Å²) in [6, 6.07) is 14.1. The van der Waals surface area contributed by atoms with E-state index in [2.05, 4.69) is 9.98 Å². The number of carbonyl (C=O) groups is 1. The van der Waals surface area contributed by atoms with Crippen LogP contribution in [0.4, 0.5) is 0 Å². The van der Waals surface area contributed by atoms with Gasteiger partial charge in [-0.15, -0.1) is 0 Å². The monoisotopic (exact) mass is 383 g/mol.